The summed E-state index contributed by atoms with van der Waals surface area (Å²) >= 11 is 0. The molecule has 0 aliphatic carbocycles. The van der Waals surface area contributed by atoms with Crippen molar-refractivity contribution in [2.45, 2.75) is 26.9 Å². The van der Waals surface area contributed by atoms with Gasteiger partial charge in [0.2, 0.25) is 0 Å². The summed E-state index contributed by atoms with van der Waals surface area (Å²) in [6.45, 7) is 5.41. The van der Waals surface area contributed by atoms with E-state index in [1.165, 1.54) is 6.92 Å². The average Bonchev–Trinajstić information content (AvgIpc) is 2.05. The third kappa shape index (κ3) is 5.82. The predicted molar refractivity (Wildman–Crippen MR) is 43.2 cm³/mol. The standard InChI is InChI=1S/C5H11NO3.C2H6/c1-3(5(8)9)4(7)2-6;1-2/h3-4,7H,2,6H2,1H3,(H,8,9);1-2H3. The zero-order valence-electron chi connectivity index (χ0n) is 7.24. The summed E-state index contributed by atoms with van der Waals surface area (Å²) < 4.78 is 0. The van der Waals surface area contributed by atoms with E-state index in [1.807, 2.05) is 13.8 Å². The minimum Gasteiger partial charge on any atom is -0.481 e. The summed E-state index contributed by atoms with van der Waals surface area (Å²) in [7, 11) is 0. The molecule has 4 N–H and O–H groups in total. The van der Waals surface area contributed by atoms with E-state index in [9.17, 15) is 4.79 Å². The molecule has 2 atom stereocenters. The first kappa shape index (κ1) is 13.0. The van der Waals surface area contributed by atoms with E-state index < -0.39 is 18.0 Å². The Balaban J connectivity index is 0. The van der Waals surface area contributed by atoms with Gasteiger partial charge < -0.3 is 15.9 Å². The van der Waals surface area contributed by atoms with Gasteiger partial charge in [0.05, 0.1) is 12.0 Å². The Labute approximate surface area is 67.0 Å². The van der Waals surface area contributed by atoms with Crippen molar-refractivity contribution in [1.29, 1.82) is 0 Å². The Morgan fingerprint density at radius 3 is 2.00 bits per heavy atom. The van der Waals surface area contributed by atoms with Crippen molar-refractivity contribution < 1.29 is 15.0 Å². The lowest BCUT2D eigenvalue weighted by atomic mass is 10.1. The van der Waals surface area contributed by atoms with Crippen LogP contribution in [0.3, 0.4) is 0 Å². The molecule has 0 aromatic rings. The molecule has 0 heterocycles. The van der Waals surface area contributed by atoms with Crippen LogP contribution in [-0.4, -0.2) is 28.8 Å². The third-order valence-corrected chi connectivity index (χ3v) is 1.21. The van der Waals surface area contributed by atoms with Crippen LogP contribution < -0.4 is 5.73 Å². The van der Waals surface area contributed by atoms with Crippen LogP contribution in [0.2, 0.25) is 0 Å². The summed E-state index contributed by atoms with van der Waals surface area (Å²) in [5.41, 5.74) is 5.00. The quantitative estimate of drug-likeness (QED) is 0.549. The van der Waals surface area contributed by atoms with Crippen LogP contribution in [0, 0.1) is 5.92 Å². The Kier molecular flexibility index (Phi) is 8.87. The largest absolute Gasteiger partial charge is 0.481 e. The van der Waals surface area contributed by atoms with Crippen LogP contribution in [0.15, 0.2) is 0 Å². The summed E-state index contributed by atoms with van der Waals surface area (Å²) in [6, 6.07) is 0. The van der Waals surface area contributed by atoms with Crippen LogP contribution >= 0.6 is 0 Å². The number of hydrogen-bond donors (Lipinski definition) is 3. The van der Waals surface area contributed by atoms with E-state index in [2.05, 4.69) is 0 Å². The summed E-state index contributed by atoms with van der Waals surface area (Å²) in [5.74, 6) is -1.79. The molecule has 0 aromatic carbocycles. The van der Waals surface area contributed by atoms with Gasteiger partial charge in [0.15, 0.2) is 0 Å². The molecule has 0 bridgehead atoms. The number of aliphatic hydroxyl groups is 1. The normalized spacial score (nSPS) is 14.3. The number of carboxylic acids is 1. The van der Waals surface area contributed by atoms with Gasteiger partial charge in [0, 0.05) is 6.54 Å². The molecule has 0 aliphatic heterocycles. The van der Waals surface area contributed by atoms with Gasteiger partial charge in [0.25, 0.3) is 0 Å². The van der Waals surface area contributed by atoms with Crippen LogP contribution in [0.25, 0.3) is 0 Å². The number of nitrogens with two attached hydrogens (primary N) is 1. The highest BCUT2D eigenvalue weighted by molar-refractivity contribution is 5.70. The van der Waals surface area contributed by atoms with Crippen molar-refractivity contribution in [3.63, 3.8) is 0 Å². The van der Waals surface area contributed by atoms with E-state index in [0.717, 1.165) is 0 Å². The van der Waals surface area contributed by atoms with E-state index in [4.69, 9.17) is 15.9 Å². The Morgan fingerprint density at radius 2 is 1.91 bits per heavy atom. The van der Waals surface area contributed by atoms with E-state index >= 15 is 0 Å². The minimum absolute atomic E-state index is 0.00648. The first-order chi connectivity index (χ1) is 5.09. The third-order valence-electron chi connectivity index (χ3n) is 1.21. The monoisotopic (exact) mass is 163 g/mol. The van der Waals surface area contributed by atoms with Crippen molar-refractivity contribution in [2.24, 2.45) is 11.7 Å². The zero-order chi connectivity index (χ0) is 9.44. The number of carboxylic acid groups (broad SMARTS) is 1. The van der Waals surface area contributed by atoms with Gasteiger partial charge in [-0.15, -0.1) is 0 Å². The SMILES string of the molecule is CC.CC(C(=O)O)C(O)CN. The molecule has 0 fully saturated rings. The van der Waals surface area contributed by atoms with Crippen molar-refractivity contribution in [2.75, 3.05) is 6.54 Å². The van der Waals surface area contributed by atoms with Crippen molar-refractivity contribution in [3.8, 4) is 0 Å². The summed E-state index contributed by atoms with van der Waals surface area (Å²) in [5, 5.41) is 17.1. The van der Waals surface area contributed by atoms with Crippen LogP contribution in [0.1, 0.15) is 20.8 Å². The van der Waals surface area contributed by atoms with E-state index in [0.29, 0.717) is 0 Å². The summed E-state index contributed by atoms with van der Waals surface area (Å²) in [4.78, 5) is 10.1. The predicted octanol–water partition coefficient (Wildman–Crippen LogP) is 0.0529. The molecular formula is C7H17NO3. The lowest BCUT2D eigenvalue weighted by Crippen LogP contribution is -2.31. The Bertz CT molecular complexity index is 106. The molecule has 2 unspecified atom stereocenters. The van der Waals surface area contributed by atoms with Gasteiger partial charge in [-0.1, -0.05) is 13.8 Å². The zero-order valence-corrected chi connectivity index (χ0v) is 7.24. The fraction of sp³-hybridized carbons (Fsp3) is 0.857. The van der Waals surface area contributed by atoms with Crippen LogP contribution in [0.4, 0.5) is 0 Å². The number of aliphatic carboxylic acids is 1. The molecule has 68 valence electrons. The molecule has 4 nitrogen and oxygen atoms in total. The lowest BCUT2D eigenvalue weighted by Gasteiger charge is -2.10. The molecule has 4 heteroatoms. The van der Waals surface area contributed by atoms with Crippen molar-refractivity contribution in [3.05, 3.63) is 0 Å². The van der Waals surface area contributed by atoms with Crippen molar-refractivity contribution in [1.82, 2.24) is 0 Å². The summed E-state index contributed by atoms with van der Waals surface area (Å²) in [6.07, 6.45) is -0.928. The topological polar surface area (TPSA) is 83.5 Å². The Morgan fingerprint density at radius 1 is 1.55 bits per heavy atom. The molecule has 0 saturated carbocycles. The first-order valence-corrected chi connectivity index (χ1v) is 3.70. The van der Waals surface area contributed by atoms with E-state index in [1.54, 1.807) is 0 Å². The highest BCUT2D eigenvalue weighted by atomic mass is 16.4. The smallest absolute Gasteiger partial charge is 0.308 e. The number of carbonyl (C=O) groups is 1. The van der Waals surface area contributed by atoms with Gasteiger partial charge in [0.1, 0.15) is 0 Å². The highest BCUT2D eigenvalue weighted by Gasteiger charge is 2.18. The van der Waals surface area contributed by atoms with Gasteiger partial charge in [-0.2, -0.15) is 0 Å². The van der Waals surface area contributed by atoms with Crippen LogP contribution in [-0.2, 0) is 4.79 Å². The fourth-order valence-electron chi connectivity index (χ4n) is 0.369. The maximum Gasteiger partial charge on any atom is 0.308 e. The maximum atomic E-state index is 10.1. The van der Waals surface area contributed by atoms with Crippen molar-refractivity contribution >= 4 is 5.97 Å². The molecule has 0 aromatic heterocycles. The second kappa shape index (κ2) is 7.50. The van der Waals surface area contributed by atoms with Gasteiger partial charge >= 0.3 is 5.97 Å². The highest BCUT2D eigenvalue weighted by Crippen LogP contribution is 1.99. The lowest BCUT2D eigenvalue weighted by molar-refractivity contribution is -0.144. The first-order valence-electron chi connectivity index (χ1n) is 3.70. The van der Waals surface area contributed by atoms with E-state index in [-0.39, 0.29) is 6.54 Å². The van der Waals surface area contributed by atoms with Gasteiger partial charge in [-0.05, 0) is 6.92 Å². The minimum atomic E-state index is -1.02. The average molecular weight is 163 g/mol. The number of aliphatic hydroxyl groups excluding tert-OH is 1. The number of rotatable bonds is 3. The van der Waals surface area contributed by atoms with Gasteiger partial charge in [-0.25, -0.2) is 0 Å². The molecule has 0 radical (unpaired) electrons. The molecular weight excluding hydrogens is 146 g/mol. The number of hydrogen-bond acceptors (Lipinski definition) is 3. The second-order valence-corrected chi connectivity index (χ2v) is 1.93. The second-order valence-electron chi connectivity index (χ2n) is 1.93. The molecule has 0 spiro atoms. The fourth-order valence-corrected chi connectivity index (χ4v) is 0.369. The van der Waals surface area contributed by atoms with Gasteiger partial charge in [-0.3, -0.25) is 4.79 Å². The maximum absolute atomic E-state index is 10.1. The molecule has 0 saturated heterocycles. The molecule has 0 rings (SSSR count). The molecule has 0 aliphatic rings. The molecule has 11 heavy (non-hydrogen) atoms. The molecule has 0 amide bonds. The Hall–Kier alpha value is -0.610. The van der Waals surface area contributed by atoms with Crippen LogP contribution in [0.5, 0.6) is 0 Å².